The number of ketones is 1. The number of sulfonamides is 1. The third-order valence-corrected chi connectivity index (χ3v) is 6.31. The molecule has 2 aromatic rings. The zero-order valence-corrected chi connectivity index (χ0v) is 16.0. The maximum Gasteiger partial charge on any atom is 0.339 e. The maximum atomic E-state index is 12.1. The standard InChI is InChI=1S/C17H19NO5S2/c1-9-5-10(2)16(12(4)19)11(3)14(9)7-23-17(20)13-6-15(24-8-13)25(18,21)22/h5-6,8H,7H2,1-4H3,(H2,18,21,22). The fraction of sp³-hybridized carbons (Fsp3) is 0.294. The molecule has 0 spiro atoms. The highest BCUT2D eigenvalue weighted by Crippen LogP contribution is 2.25. The summed E-state index contributed by atoms with van der Waals surface area (Å²) in [4.78, 5) is 24.0. The van der Waals surface area contributed by atoms with E-state index in [1.807, 2.05) is 26.8 Å². The minimum atomic E-state index is -3.84. The van der Waals surface area contributed by atoms with Gasteiger partial charge < -0.3 is 4.74 Å². The van der Waals surface area contributed by atoms with Gasteiger partial charge in [-0.1, -0.05) is 6.07 Å². The molecule has 134 valence electrons. The Balaban J connectivity index is 2.24. The fourth-order valence-electron chi connectivity index (χ4n) is 2.78. The molecule has 0 bridgehead atoms. The lowest BCUT2D eigenvalue weighted by Gasteiger charge is -2.15. The number of carbonyl (C=O) groups excluding carboxylic acids is 2. The number of aryl methyl sites for hydroxylation is 2. The number of Topliss-reactive ketones (excluding diaryl/α,β-unsaturated/α-hetero) is 1. The van der Waals surface area contributed by atoms with Gasteiger partial charge in [0.05, 0.1) is 5.56 Å². The second-order valence-electron chi connectivity index (χ2n) is 5.82. The minimum Gasteiger partial charge on any atom is -0.457 e. The van der Waals surface area contributed by atoms with Crippen molar-refractivity contribution in [1.82, 2.24) is 0 Å². The third-order valence-electron chi connectivity index (χ3n) is 3.92. The molecule has 8 heteroatoms. The molecule has 6 nitrogen and oxygen atoms in total. The van der Waals surface area contributed by atoms with Gasteiger partial charge in [-0.15, -0.1) is 11.3 Å². The van der Waals surface area contributed by atoms with Crippen molar-refractivity contribution >= 4 is 33.1 Å². The van der Waals surface area contributed by atoms with E-state index < -0.39 is 16.0 Å². The van der Waals surface area contributed by atoms with E-state index in [0.717, 1.165) is 33.6 Å². The topological polar surface area (TPSA) is 104 Å². The zero-order valence-electron chi connectivity index (χ0n) is 14.4. The van der Waals surface area contributed by atoms with Crippen LogP contribution in [0.3, 0.4) is 0 Å². The minimum absolute atomic E-state index is 0.00237. The number of primary sulfonamides is 1. The summed E-state index contributed by atoms with van der Waals surface area (Å²) in [5, 5.41) is 6.42. The number of benzene rings is 1. The lowest BCUT2D eigenvalue weighted by molar-refractivity contribution is 0.0472. The van der Waals surface area contributed by atoms with Gasteiger partial charge in [0.2, 0.25) is 10.0 Å². The average Bonchev–Trinajstić information content (AvgIpc) is 2.95. The van der Waals surface area contributed by atoms with E-state index in [-0.39, 0.29) is 22.2 Å². The Bertz CT molecular complexity index is 958. The largest absolute Gasteiger partial charge is 0.457 e. The molecule has 1 heterocycles. The molecule has 1 aromatic carbocycles. The van der Waals surface area contributed by atoms with Gasteiger partial charge in [-0.25, -0.2) is 18.4 Å². The van der Waals surface area contributed by atoms with Gasteiger partial charge in [0.25, 0.3) is 0 Å². The SMILES string of the molecule is CC(=O)c1c(C)cc(C)c(COC(=O)c2csc(S(N)(=O)=O)c2)c1C. The van der Waals surface area contributed by atoms with Crippen molar-refractivity contribution in [3.63, 3.8) is 0 Å². The normalized spacial score (nSPS) is 11.4. The molecule has 1 aromatic heterocycles. The van der Waals surface area contributed by atoms with Crippen LogP contribution in [0.15, 0.2) is 21.7 Å². The van der Waals surface area contributed by atoms with E-state index >= 15 is 0 Å². The molecule has 0 saturated heterocycles. The second kappa shape index (κ2) is 7.07. The number of ether oxygens (including phenoxy) is 1. The van der Waals surface area contributed by atoms with Crippen molar-refractivity contribution in [3.8, 4) is 0 Å². The van der Waals surface area contributed by atoms with E-state index in [4.69, 9.17) is 9.88 Å². The molecule has 0 aliphatic heterocycles. The van der Waals surface area contributed by atoms with Crippen LogP contribution in [0.2, 0.25) is 0 Å². The highest BCUT2D eigenvalue weighted by molar-refractivity contribution is 7.91. The van der Waals surface area contributed by atoms with Gasteiger partial charge in [0.1, 0.15) is 10.8 Å². The number of hydrogen-bond acceptors (Lipinski definition) is 6. The van der Waals surface area contributed by atoms with Gasteiger partial charge in [-0.2, -0.15) is 0 Å². The first kappa shape index (κ1) is 19.3. The second-order valence-corrected chi connectivity index (χ2v) is 8.52. The average molecular weight is 381 g/mol. The highest BCUT2D eigenvalue weighted by Gasteiger charge is 2.18. The summed E-state index contributed by atoms with van der Waals surface area (Å²) in [6, 6.07) is 3.08. The van der Waals surface area contributed by atoms with Gasteiger partial charge >= 0.3 is 5.97 Å². The molecular weight excluding hydrogens is 362 g/mol. The summed E-state index contributed by atoms with van der Waals surface area (Å²) in [6.07, 6.45) is 0. The number of nitrogens with two attached hydrogens (primary N) is 1. The smallest absolute Gasteiger partial charge is 0.339 e. The van der Waals surface area contributed by atoms with Gasteiger partial charge in [0.15, 0.2) is 5.78 Å². The van der Waals surface area contributed by atoms with Crippen LogP contribution in [0.4, 0.5) is 0 Å². The Morgan fingerprint density at radius 2 is 1.80 bits per heavy atom. The first-order chi connectivity index (χ1) is 11.5. The number of carbonyl (C=O) groups is 2. The lowest BCUT2D eigenvalue weighted by Crippen LogP contribution is -2.11. The van der Waals surface area contributed by atoms with E-state index in [1.54, 1.807) is 0 Å². The van der Waals surface area contributed by atoms with E-state index in [2.05, 4.69) is 0 Å². The van der Waals surface area contributed by atoms with Gasteiger partial charge in [-0.05, 0) is 56.0 Å². The molecule has 0 saturated carbocycles. The van der Waals surface area contributed by atoms with Gasteiger partial charge in [-0.3, -0.25) is 4.79 Å². The van der Waals surface area contributed by atoms with Gasteiger partial charge in [0, 0.05) is 10.9 Å². The predicted molar refractivity (Wildman–Crippen MR) is 95.5 cm³/mol. The van der Waals surface area contributed by atoms with Crippen molar-refractivity contribution < 1.29 is 22.7 Å². The Morgan fingerprint density at radius 3 is 2.32 bits per heavy atom. The van der Waals surface area contributed by atoms with E-state index in [1.165, 1.54) is 18.4 Å². The van der Waals surface area contributed by atoms with Crippen LogP contribution in [-0.4, -0.2) is 20.2 Å². The summed E-state index contributed by atoms with van der Waals surface area (Å²) < 4.78 is 27.8. The number of rotatable bonds is 5. The lowest BCUT2D eigenvalue weighted by atomic mass is 9.92. The summed E-state index contributed by atoms with van der Waals surface area (Å²) in [6.45, 7) is 7.07. The van der Waals surface area contributed by atoms with Crippen molar-refractivity contribution in [2.75, 3.05) is 0 Å². The number of thiophene rings is 1. The molecule has 25 heavy (non-hydrogen) atoms. The molecule has 0 unspecified atom stereocenters. The maximum absolute atomic E-state index is 12.1. The summed E-state index contributed by atoms with van der Waals surface area (Å²) in [7, 11) is -3.84. The molecule has 0 aliphatic rings. The molecule has 2 N–H and O–H groups in total. The summed E-state index contributed by atoms with van der Waals surface area (Å²) >= 11 is 0.863. The number of esters is 1. The van der Waals surface area contributed by atoms with Crippen LogP contribution in [0.5, 0.6) is 0 Å². The van der Waals surface area contributed by atoms with E-state index in [9.17, 15) is 18.0 Å². The van der Waals surface area contributed by atoms with Crippen LogP contribution >= 0.6 is 11.3 Å². The first-order valence-corrected chi connectivity index (χ1v) is 9.84. The molecule has 0 fully saturated rings. The molecule has 0 radical (unpaired) electrons. The zero-order chi connectivity index (χ0) is 18.9. The van der Waals surface area contributed by atoms with Crippen molar-refractivity contribution in [2.24, 2.45) is 5.14 Å². The van der Waals surface area contributed by atoms with Crippen LogP contribution < -0.4 is 5.14 Å². The van der Waals surface area contributed by atoms with Crippen molar-refractivity contribution in [1.29, 1.82) is 0 Å². The van der Waals surface area contributed by atoms with Crippen LogP contribution in [0, 0.1) is 20.8 Å². The Kier molecular flexibility index (Phi) is 5.46. The Hall–Kier alpha value is -2.03. The Morgan fingerprint density at radius 1 is 1.16 bits per heavy atom. The van der Waals surface area contributed by atoms with Crippen molar-refractivity contribution in [3.05, 3.63) is 50.9 Å². The predicted octanol–water partition coefficient (Wildman–Crippen LogP) is 2.88. The van der Waals surface area contributed by atoms with Crippen LogP contribution in [0.25, 0.3) is 0 Å². The highest BCUT2D eigenvalue weighted by atomic mass is 32.2. The summed E-state index contributed by atoms with van der Waals surface area (Å²) in [5.74, 6) is -0.687. The fourth-order valence-corrected chi connectivity index (χ4v) is 4.36. The van der Waals surface area contributed by atoms with E-state index in [0.29, 0.717) is 5.56 Å². The van der Waals surface area contributed by atoms with Crippen LogP contribution in [-0.2, 0) is 21.4 Å². The van der Waals surface area contributed by atoms with Crippen LogP contribution in [0.1, 0.15) is 49.9 Å². The third kappa shape index (κ3) is 4.15. The molecule has 0 aliphatic carbocycles. The number of hydrogen-bond donors (Lipinski definition) is 1. The summed E-state index contributed by atoms with van der Waals surface area (Å²) in [5.41, 5.74) is 4.11. The monoisotopic (exact) mass is 381 g/mol. The molecular formula is C17H19NO5S2. The molecule has 0 amide bonds. The molecule has 0 atom stereocenters. The quantitative estimate of drug-likeness (QED) is 0.633. The Labute approximate surface area is 150 Å². The molecule has 2 rings (SSSR count). The van der Waals surface area contributed by atoms with Crippen molar-refractivity contribution in [2.45, 2.75) is 38.5 Å². The first-order valence-electron chi connectivity index (χ1n) is 7.41.